The Morgan fingerprint density at radius 3 is 2.83 bits per heavy atom. The molecule has 1 aliphatic heterocycles. The maximum absolute atomic E-state index is 6.23. The lowest BCUT2D eigenvalue weighted by Gasteiger charge is -2.38. The number of halogens is 1. The first kappa shape index (κ1) is 13.7. The molecule has 1 fully saturated rings. The van der Waals surface area contributed by atoms with E-state index in [2.05, 4.69) is 37.1 Å². The molecule has 0 spiro atoms. The van der Waals surface area contributed by atoms with Gasteiger partial charge in [-0.05, 0) is 57.9 Å². The standard InChI is InChI=1S/C15H23ClN2/c1-12-13(16)7-6-8-14(12)18-10-5-4-9-17-15(2,3)11-18/h6-8,17H,4-5,9-11H2,1-3H3. The zero-order valence-electron chi connectivity index (χ0n) is 11.6. The Morgan fingerprint density at radius 1 is 1.28 bits per heavy atom. The molecule has 0 bridgehead atoms. The largest absolute Gasteiger partial charge is 0.369 e. The summed E-state index contributed by atoms with van der Waals surface area (Å²) in [5, 5.41) is 4.48. The molecule has 0 amide bonds. The number of nitrogens with one attached hydrogen (secondary N) is 1. The third-order valence-electron chi connectivity index (χ3n) is 3.62. The van der Waals surface area contributed by atoms with Gasteiger partial charge in [-0.3, -0.25) is 0 Å². The van der Waals surface area contributed by atoms with E-state index in [0.717, 1.165) is 24.7 Å². The van der Waals surface area contributed by atoms with Gasteiger partial charge in [0.15, 0.2) is 0 Å². The van der Waals surface area contributed by atoms with Crippen LogP contribution in [-0.4, -0.2) is 25.2 Å². The number of rotatable bonds is 1. The predicted octanol–water partition coefficient (Wildman–Crippen LogP) is 3.62. The minimum atomic E-state index is 0.148. The van der Waals surface area contributed by atoms with E-state index in [4.69, 9.17) is 11.6 Å². The Labute approximate surface area is 115 Å². The Hall–Kier alpha value is -0.730. The summed E-state index contributed by atoms with van der Waals surface area (Å²) in [6, 6.07) is 6.19. The zero-order valence-corrected chi connectivity index (χ0v) is 12.3. The van der Waals surface area contributed by atoms with Crippen LogP contribution in [0.4, 0.5) is 5.69 Å². The molecule has 1 aromatic carbocycles. The maximum Gasteiger partial charge on any atom is 0.0455 e. The van der Waals surface area contributed by atoms with Crippen molar-refractivity contribution in [2.45, 2.75) is 39.2 Å². The molecule has 1 aromatic rings. The average Bonchev–Trinajstić information content (AvgIpc) is 2.28. The molecule has 2 nitrogen and oxygen atoms in total. The van der Waals surface area contributed by atoms with Gasteiger partial charge in [0.05, 0.1) is 0 Å². The second-order valence-corrected chi connectivity index (χ2v) is 6.23. The monoisotopic (exact) mass is 266 g/mol. The smallest absolute Gasteiger partial charge is 0.0455 e. The van der Waals surface area contributed by atoms with Gasteiger partial charge in [-0.1, -0.05) is 17.7 Å². The van der Waals surface area contributed by atoms with Crippen molar-refractivity contribution in [3.63, 3.8) is 0 Å². The van der Waals surface area contributed by atoms with E-state index >= 15 is 0 Å². The van der Waals surface area contributed by atoms with Gasteiger partial charge < -0.3 is 10.2 Å². The number of nitrogens with zero attached hydrogens (tertiary/aromatic N) is 1. The van der Waals surface area contributed by atoms with Crippen LogP contribution in [0, 0.1) is 6.92 Å². The maximum atomic E-state index is 6.23. The van der Waals surface area contributed by atoms with Crippen LogP contribution in [0.25, 0.3) is 0 Å². The van der Waals surface area contributed by atoms with E-state index in [0.29, 0.717) is 0 Å². The molecule has 3 heteroatoms. The first-order chi connectivity index (χ1) is 8.49. The Bertz CT molecular complexity index is 415. The Kier molecular flexibility index (Phi) is 4.18. The summed E-state index contributed by atoms with van der Waals surface area (Å²) in [4.78, 5) is 2.47. The van der Waals surface area contributed by atoms with Gasteiger partial charge in [-0.25, -0.2) is 0 Å². The summed E-state index contributed by atoms with van der Waals surface area (Å²) in [5.41, 5.74) is 2.62. The molecule has 1 aliphatic rings. The van der Waals surface area contributed by atoms with Gasteiger partial charge in [0, 0.05) is 29.3 Å². The van der Waals surface area contributed by atoms with Crippen molar-refractivity contribution in [3.8, 4) is 0 Å². The minimum absolute atomic E-state index is 0.148. The van der Waals surface area contributed by atoms with Gasteiger partial charge in [-0.2, -0.15) is 0 Å². The number of anilines is 1. The first-order valence-electron chi connectivity index (χ1n) is 6.75. The van der Waals surface area contributed by atoms with E-state index in [1.807, 2.05) is 12.1 Å². The van der Waals surface area contributed by atoms with Crippen LogP contribution in [0.15, 0.2) is 18.2 Å². The Morgan fingerprint density at radius 2 is 2.06 bits per heavy atom. The van der Waals surface area contributed by atoms with Crippen molar-refractivity contribution in [2.75, 3.05) is 24.5 Å². The van der Waals surface area contributed by atoms with Crippen LogP contribution in [0.2, 0.25) is 5.02 Å². The molecule has 1 N–H and O–H groups in total. The highest BCUT2D eigenvalue weighted by Crippen LogP contribution is 2.28. The number of benzene rings is 1. The summed E-state index contributed by atoms with van der Waals surface area (Å²) < 4.78 is 0. The van der Waals surface area contributed by atoms with Crippen molar-refractivity contribution in [1.29, 1.82) is 0 Å². The molecule has 1 saturated heterocycles. The third kappa shape index (κ3) is 3.18. The molecular weight excluding hydrogens is 244 g/mol. The van der Waals surface area contributed by atoms with E-state index in [9.17, 15) is 0 Å². The highest BCUT2D eigenvalue weighted by molar-refractivity contribution is 6.31. The lowest BCUT2D eigenvalue weighted by molar-refractivity contribution is 0.364. The first-order valence-corrected chi connectivity index (χ1v) is 7.12. The SMILES string of the molecule is Cc1c(Cl)cccc1N1CCCCNC(C)(C)C1. The van der Waals surface area contributed by atoms with E-state index in [1.165, 1.54) is 24.1 Å². The minimum Gasteiger partial charge on any atom is -0.369 e. The van der Waals surface area contributed by atoms with Crippen molar-refractivity contribution in [1.82, 2.24) is 5.32 Å². The summed E-state index contributed by atoms with van der Waals surface area (Å²) in [6.45, 7) is 9.91. The molecule has 0 unspecified atom stereocenters. The van der Waals surface area contributed by atoms with Crippen molar-refractivity contribution in [3.05, 3.63) is 28.8 Å². The van der Waals surface area contributed by atoms with Crippen LogP contribution >= 0.6 is 11.6 Å². The number of hydrogen-bond acceptors (Lipinski definition) is 2. The van der Waals surface area contributed by atoms with Crippen LogP contribution < -0.4 is 10.2 Å². The molecular formula is C15H23ClN2. The van der Waals surface area contributed by atoms with Crippen LogP contribution in [0.5, 0.6) is 0 Å². The summed E-state index contributed by atoms with van der Waals surface area (Å²) >= 11 is 6.23. The topological polar surface area (TPSA) is 15.3 Å². The molecule has 0 atom stereocenters. The molecule has 100 valence electrons. The third-order valence-corrected chi connectivity index (χ3v) is 4.03. The van der Waals surface area contributed by atoms with E-state index < -0.39 is 0 Å². The fourth-order valence-electron chi connectivity index (χ4n) is 2.61. The molecule has 1 heterocycles. The summed E-state index contributed by atoms with van der Waals surface area (Å²) in [6.07, 6.45) is 2.47. The predicted molar refractivity (Wildman–Crippen MR) is 79.7 cm³/mol. The van der Waals surface area contributed by atoms with Gasteiger partial charge in [0.2, 0.25) is 0 Å². The van der Waals surface area contributed by atoms with Crippen LogP contribution in [-0.2, 0) is 0 Å². The summed E-state index contributed by atoms with van der Waals surface area (Å²) in [7, 11) is 0. The zero-order chi connectivity index (χ0) is 13.2. The van der Waals surface area contributed by atoms with E-state index in [-0.39, 0.29) is 5.54 Å². The van der Waals surface area contributed by atoms with Gasteiger partial charge in [0.25, 0.3) is 0 Å². The second-order valence-electron chi connectivity index (χ2n) is 5.82. The molecule has 0 radical (unpaired) electrons. The second kappa shape index (κ2) is 5.50. The molecule has 2 rings (SSSR count). The molecule has 0 saturated carbocycles. The van der Waals surface area contributed by atoms with Crippen molar-refractivity contribution < 1.29 is 0 Å². The van der Waals surface area contributed by atoms with Gasteiger partial charge in [0.1, 0.15) is 0 Å². The van der Waals surface area contributed by atoms with E-state index in [1.54, 1.807) is 0 Å². The number of hydrogen-bond donors (Lipinski definition) is 1. The fraction of sp³-hybridized carbons (Fsp3) is 0.600. The lowest BCUT2D eigenvalue weighted by Crippen LogP contribution is -2.51. The van der Waals surface area contributed by atoms with Gasteiger partial charge >= 0.3 is 0 Å². The van der Waals surface area contributed by atoms with Crippen LogP contribution in [0.3, 0.4) is 0 Å². The van der Waals surface area contributed by atoms with Crippen LogP contribution in [0.1, 0.15) is 32.3 Å². The molecule has 18 heavy (non-hydrogen) atoms. The Balaban J connectivity index is 2.26. The highest BCUT2D eigenvalue weighted by Gasteiger charge is 2.24. The highest BCUT2D eigenvalue weighted by atomic mass is 35.5. The molecule has 0 aromatic heterocycles. The van der Waals surface area contributed by atoms with Gasteiger partial charge in [-0.15, -0.1) is 0 Å². The normalized spacial score (nSPS) is 20.3. The lowest BCUT2D eigenvalue weighted by atomic mass is 10.0. The summed E-state index contributed by atoms with van der Waals surface area (Å²) in [5.74, 6) is 0. The van der Waals surface area contributed by atoms with Crippen molar-refractivity contribution >= 4 is 17.3 Å². The molecule has 0 aliphatic carbocycles. The average molecular weight is 267 g/mol. The fourth-order valence-corrected chi connectivity index (χ4v) is 2.78. The quantitative estimate of drug-likeness (QED) is 0.835. The van der Waals surface area contributed by atoms with Crippen molar-refractivity contribution in [2.24, 2.45) is 0 Å².